The van der Waals surface area contributed by atoms with Gasteiger partial charge >= 0.3 is 0 Å². The number of nitrogens with one attached hydrogen (secondary N) is 1. The molecule has 3 rings (SSSR count). The first kappa shape index (κ1) is 17.6. The van der Waals surface area contributed by atoms with Gasteiger partial charge in [0.05, 0.1) is 17.8 Å². The number of thiophene rings is 1. The maximum absolute atomic E-state index is 12.4. The molecule has 134 valence electrons. The lowest BCUT2D eigenvalue weighted by Gasteiger charge is -2.14. The molecule has 2 heterocycles. The zero-order valence-electron chi connectivity index (χ0n) is 14.4. The van der Waals surface area contributed by atoms with E-state index < -0.39 is 5.91 Å². The fraction of sp³-hybridized carbons (Fsp3) is 0.471. The topological polar surface area (TPSA) is 101 Å². The van der Waals surface area contributed by atoms with Crippen molar-refractivity contribution in [1.29, 1.82) is 0 Å². The molecule has 2 aromatic rings. The molecular formula is C17H22N4O3S. The van der Waals surface area contributed by atoms with Crippen LogP contribution in [0.1, 0.15) is 45.1 Å². The van der Waals surface area contributed by atoms with Gasteiger partial charge in [0.2, 0.25) is 5.91 Å². The summed E-state index contributed by atoms with van der Waals surface area (Å²) in [4.78, 5) is 27.2. The molecule has 0 bridgehead atoms. The summed E-state index contributed by atoms with van der Waals surface area (Å²) in [5.41, 5.74) is 7.83. The van der Waals surface area contributed by atoms with Crippen molar-refractivity contribution in [2.75, 3.05) is 18.9 Å². The van der Waals surface area contributed by atoms with Crippen LogP contribution in [-0.2, 0) is 24.2 Å². The minimum Gasteiger partial charge on any atom is -0.365 e. The van der Waals surface area contributed by atoms with Gasteiger partial charge in [0.15, 0.2) is 0 Å². The monoisotopic (exact) mass is 362 g/mol. The molecule has 8 heteroatoms. The largest absolute Gasteiger partial charge is 0.365 e. The molecule has 7 nitrogen and oxygen atoms in total. The lowest BCUT2D eigenvalue weighted by atomic mass is 9.95. The Morgan fingerprint density at radius 2 is 2.16 bits per heavy atom. The number of hydrogen-bond acceptors (Lipinski definition) is 6. The van der Waals surface area contributed by atoms with Crippen LogP contribution in [0.2, 0.25) is 0 Å². The van der Waals surface area contributed by atoms with Crippen molar-refractivity contribution in [1.82, 2.24) is 10.1 Å². The van der Waals surface area contributed by atoms with Crippen molar-refractivity contribution in [3.8, 4) is 0 Å². The lowest BCUT2D eigenvalue weighted by Crippen LogP contribution is -2.30. The van der Waals surface area contributed by atoms with Crippen LogP contribution in [0.4, 0.5) is 5.00 Å². The Morgan fingerprint density at radius 3 is 2.84 bits per heavy atom. The summed E-state index contributed by atoms with van der Waals surface area (Å²) in [5, 5.41) is 7.36. The number of likely N-dealkylation sites (N-methyl/N-ethyl adjacent to an activating group) is 1. The average Bonchev–Trinajstić information content (AvgIpc) is 3.09. The van der Waals surface area contributed by atoms with Crippen LogP contribution in [0.5, 0.6) is 0 Å². The van der Waals surface area contributed by atoms with E-state index >= 15 is 0 Å². The predicted octanol–water partition coefficient (Wildman–Crippen LogP) is 2.09. The Hall–Kier alpha value is -2.19. The van der Waals surface area contributed by atoms with Gasteiger partial charge in [-0.2, -0.15) is 0 Å². The number of aryl methyl sites for hydroxylation is 2. The van der Waals surface area contributed by atoms with Crippen molar-refractivity contribution in [3.05, 3.63) is 33.5 Å². The number of nitrogens with two attached hydrogens (primary N) is 1. The molecule has 1 aliphatic carbocycles. The van der Waals surface area contributed by atoms with E-state index in [9.17, 15) is 9.59 Å². The van der Waals surface area contributed by atoms with E-state index in [1.807, 2.05) is 24.9 Å². The second-order valence-electron chi connectivity index (χ2n) is 6.43. The van der Waals surface area contributed by atoms with Gasteiger partial charge in [-0.15, -0.1) is 11.3 Å². The number of amides is 2. The second-order valence-corrected chi connectivity index (χ2v) is 7.53. The quantitative estimate of drug-likeness (QED) is 0.819. The zero-order valence-corrected chi connectivity index (χ0v) is 15.2. The first-order valence-corrected chi connectivity index (χ1v) is 9.10. The van der Waals surface area contributed by atoms with Crippen LogP contribution in [0.3, 0.4) is 0 Å². The van der Waals surface area contributed by atoms with E-state index in [1.165, 1.54) is 16.2 Å². The van der Waals surface area contributed by atoms with Gasteiger partial charge in [-0.3, -0.25) is 14.5 Å². The molecular weight excluding hydrogens is 340 g/mol. The predicted molar refractivity (Wildman–Crippen MR) is 95.7 cm³/mol. The maximum Gasteiger partial charge on any atom is 0.251 e. The summed E-state index contributed by atoms with van der Waals surface area (Å²) in [6, 6.07) is 1.84. The van der Waals surface area contributed by atoms with Gasteiger partial charge in [0.1, 0.15) is 10.8 Å². The third-order valence-electron chi connectivity index (χ3n) is 4.19. The van der Waals surface area contributed by atoms with Crippen LogP contribution in [0, 0.1) is 6.92 Å². The van der Waals surface area contributed by atoms with Crippen LogP contribution in [0.15, 0.2) is 10.6 Å². The van der Waals surface area contributed by atoms with Gasteiger partial charge in [-0.05, 0) is 45.2 Å². The molecule has 2 amide bonds. The highest BCUT2D eigenvalue weighted by atomic mass is 32.1. The average molecular weight is 362 g/mol. The van der Waals surface area contributed by atoms with Crippen molar-refractivity contribution in [2.24, 2.45) is 5.73 Å². The molecule has 1 aliphatic rings. The smallest absolute Gasteiger partial charge is 0.251 e. The van der Waals surface area contributed by atoms with Crippen molar-refractivity contribution in [3.63, 3.8) is 0 Å². The summed E-state index contributed by atoms with van der Waals surface area (Å²) in [5.74, 6) is 0.0908. The molecule has 0 aliphatic heterocycles. The van der Waals surface area contributed by atoms with Gasteiger partial charge < -0.3 is 15.6 Å². The Kier molecular flexibility index (Phi) is 5.19. The Bertz CT molecular complexity index is 796. The number of nitrogens with zero attached hydrogens (tertiary/aromatic N) is 2. The van der Waals surface area contributed by atoms with Crippen molar-refractivity contribution < 1.29 is 14.1 Å². The highest BCUT2D eigenvalue weighted by Crippen LogP contribution is 2.37. The molecule has 3 N–H and O–H groups in total. The van der Waals surface area contributed by atoms with Crippen molar-refractivity contribution >= 4 is 28.2 Å². The minimum absolute atomic E-state index is 0.177. The van der Waals surface area contributed by atoms with E-state index in [2.05, 4.69) is 10.5 Å². The first-order chi connectivity index (χ1) is 11.9. The van der Waals surface area contributed by atoms with Crippen LogP contribution < -0.4 is 11.1 Å². The number of rotatable bonds is 6. The summed E-state index contributed by atoms with van der Waals surface area (Å²) in [6.45, 7) is 2.52. The molecule has 0 spiro atoms. The fourth-order valence-electron chi connectivity index (χ4n) is 3.15. The number of aromatic nitrogens is 1. The lowest BCUT2D eigenvalue weighted by molar-refractivity contribution is -0.117. The zero-order chi connectivity index (χ0) is 18.0. The van der Waals surface area contributed by atoms with Gasteiger partial charge in [-0.1, -0.05) is 5.16 Å². The summed E-state index contributed by atoms with van der Waals surface area (Å²) in [6.07, 6.45) is 3.96. The fourth-order valence-corrected chi connectivity index (χ4v) is 4.46. The molecule has 0 saturated heterocycles. The molecule has 0 radical (unpaired) electrons. The van der Waals surface area contributed by atoms with Crippen LogP contribution in [0.25, 0.3) is 0 Å². The van der Waals surface area contributed by atoms with E-state index in [0.717, 1.165) is 42.7 Å². The molecule has 0 unspecified atom stereocenters. The third-order valence-corrected chi connectivity index (χ3v) is 5.40. The summed E-state index contributed by atoms with van der Waals surface area (Å²) >= 11 is 1.47. The van der Waals surface area contributed by atoms with Crippen LogP contribution >= 0.6 is 11.3 Å². The number of fused-ring (bicyclic) bond motifs is 1. The molecule has 0 aromatic carbocycles. The number of hydrogen-bond donors (Lipinski definition) is 2. The Morgan fingerprint density at radius 1 is 1.40 bits per heavy atom. The maximum atomic E-state index is 12.4. The number of carbonyl (C=O) groups is 2. The van der Waals surface area contributed by atoms with Gasteiger partial charge in [0, 0.05) is 17.5 Å². The standard InChI is InChI=1S/C17H22N4O3S/c1-10-7-11(20-24-10)8-21(2)9-14(22)19-17-15(16(18)23)12-5-3-4-6-13(12)25-17/h7H,3-6,8-9H2,1-2H3,(H2,18,23)(H,19,22). The van der Waals surface area contributed by atoms with Gasteiger partial charge in [0.25, 0.3) is 5.91 Å². The SMILES string of the molecule is Cc1cc(CN(C)CC(=O)Nc2sc3c(c2C(N)=O)CCCC3)no1. The number of primary amides is 1. The normalized spacial score (nSPS) is 13.7. The first-order valence-electron chi connectivity index (χ1n) is 8.29. The van der Waals surface area contributed by atoms with Crippen LogP contribution in [-0.4, -0.2) is 35.5 Å². The molecule has 25 heavy (non-hydrogen) atoms. The van der Waals surface area contributed by atoms with E-state index in [1.54, 1.807) is 0 Å². The summed E-state index contributed by atoms with van der Waals surface area (Å²) < 4.78 is 5.03. The number of anilines is 1. The second kappa shape index (κ2) is 7.37. The molecule has 0 atom stereocenters. The van der Waals surface area contributed by atoms with E-state index in [0.29, 0.717) is 17.1 Å². The molecule has 0 fully saturated rings. The molecule has 0 saturated carbocycles. The number of carbonyl (C=O) groups excluding carboxylic acids is 2. The van der Waals surface area contributed by atoms with Gasteiger partial charge in [-0.25, -0.2) is 0 Å². The van der Waals surface area contributed by atoms with Crippen molar-refractivity contribution in [2.45, 2.75) is 39.2 Å². The van der Waals surface area contributed by atoms with E-state index in [4.69, 9.17) is 10.3 Å². The highest BCUT2D eigenvalue weighted by molar-refractivity contribution is 7.17. The minimum atomic E-state index is -0.471. The Labute approximate surface area is 150 Å². The van der Waals surface area contributed by atoms with E-state index in [-0.39, 0.29) is 12.5 Å². The molecule has 2 aromatic heterocycles. The Balaban J connectivity index is 1.66. The summed E-state index contributed by atoms with van der Waals surface area (Å²) in [7, 11) is 1.83. The third kappa shape index (κ3) is 4.08. The highest BCUT2D eigenvalue weighted by Gasteiger charge is 2.25.